The summed E-state index contributed by atoms with van der Waals surface area (Å²) in [7, 11) is 1.80. The summed E-state index contributed by atoms with van der Waals surface area (Å²) in [6.45, 7) is 1.98. The van der Waals surface area contributed by atoms with Gasteiger partial charge in [-0.05, 0) is 45.4 Å². The smallest absolute Gasteiger partial charge is 0.163 e. The summed E-state index contributed by atoms with van der Waals surface area (Å²) in [5.41, 5.74) is 1.95. The number of rotatable bonds is 5. The molecule has 27 heavy (non-hydrogen) atoms. The van der Waals surface area contributed by atoms with Gasteiger partial charge in [-0.1, -0.05) is 0 Å². The lowest BCUT2D eigenvalue weighted by atomic mass is 9.87. The SMILES string of the molecule is COC1CCC(c2nc(Nc3cc(C)[nH]n3)c3cnn(C4CC4)c3n2)CC1. The summed E-state index contributed by atoms with van der Waals surface area (Å²) >= 11 is 0. The summed E-state index contributed by atoms with van der Waals surface area (Å²) in [4.78, 5) is 9.86. The van der Waals surface area contributed by atoms with Crippen LogP contribution in [0.4, 0.5) is 11.6 Å². The van der Waals surface area contributed by atoms with Crippen LogP contribution in [0.2, 0.25) is 0 Å². The van der Waals surface area contributed by atoms with Gasteiger partial charge in [0.15, 0.2) is 11.5 Å². The topological polar surface area (TPSA) is 93.5 Å². The van der Waals surface area contributed by atoms with E-state index < -0.39 is 0 Å². The van der Waals surface area contributed by atoms with Crippen LogP contribution in [-0.2, 0) is 4.74 Å². The minimum Gasteiger partial charge on any atom is -0.381 e. The molecule has 142 valence electrons. The van der Waals surface area contributed by atoms with Crippen LogP contribution in [0.5, 0.6) is 0 Å². The number of fused-ring (bicyclic) bond motifs is 1. The molecule has 3 aromatic rings. The molecular formula is C19H25N7O. The standard InChI is InChI=1S/C19H25N7O/c1-11-9-16(25-24-11)21-18-15-10-20-26(13-5-6-13)19(15)23-17(22-18)12-3-7-14(27-2)8-4-12/h9-10,12-14H,3-8H2,1-2H3,(H2,21,22,23,24,25). The van der Waals surface area contributed by atoms with E-state index in [1.54, 1.807) is 7.11 Å². The summed E-state index contributed by atoms with van der Waals surface area (Å²) in [5.74, 6) is 2.84. The molecule has 0 amide bonds. The van der Waals surface area contributed by atoms with Crippen LogP contribution in [0.1, 0.15) is 62.0 Å². The van der Waals surface area contributed by atoms with Crippen molar-refractivity contribution in [3.05, 3.63) is 23.8 Å². The minimum absolute atomic E-state index is 0.366. The summed E-state index contributed by atoms with van der Waals surface area (Å²) in [6, 6.07) is 2.46. The van der Waals surface area contributed by atoms with Crippen LogP contribution in [0.3, 0.4) is 0 Å². The molecule has 2 N–H and O–H groups in total. The molecule has 2 saturated carbocycles. The first-order valence-electron chi connectivity index (χ1n) is 9.78. The van der Waals surface area contributed by atoms with Crippen molar-refractivity contribution in [1.82, 2.24) is 29.9 Å². The predicted molar refractivity (Wildman–Crippen MR) is 102 cm³/mol. The molecule has 3 aromatic heterocycles. The predicted octanol–water partition coefficient (Wildman–Crippen LogP) is 3.61. The van der Waals surface area contributed by atoms with Crippen LogP contribution in [0, 0.1) is 6.92 Å². The third-order valence-electron chi connectivity index (χ3n) is 5.69. The zero-order valence-electron chi connectivity index (χ0n) is 15.8. The Bertz CT molecular complexity index is 950. The molecule has 0 aromatic carbocycles. The summed E-state index contributed by atoms with van der Waals surface area (Å²) in [5, 5.41) is 16.2. The highest BCUT2D eigenvalue weighted by atomic mass is 16.5. The van der Waals surface area contributed by atoms with E-state index in [1.165, 1.54) is 12.8 Å². The number of nitrogens with zero attached hydrogens (tertiary/aromatic N) is 5. The Morgan fingerprint density at radius 3 is 2.63 bits per heavy atom. The Balaban J connectivity index is 1.53. The van der Waals surface area contributed by atoms with Gasteiger partial charge in [-0.25, -0.2) is 14.6 Å². The number of aromatic amines is 1. The van der Waals surface area contributed by atoms with E-state index in [2.05, 4.69) is 25.3 Å². The van der Waals surface area contributed by atoms with Gasteiger partial charge >= 0.3 is 0 Å². The lowest BCUT2D eigenvalue weighted by molar-refractivity contribution is 0.0651. The van der Waals surface area contributed by atoms with E-state index in [0.717, 1.165) is 59.9 Å². The van der Waals surface area contributed by atoms with Gasteiger partial charge in [-0.15, -0.1) is 0 Å². The van der Waals surface area contributed by atoms with Crippen LogP contribution >= 0.6 is 0 Å². The number of methoxy groups -OCH3 is 1. The molecule has 0 atom stereocenters. The third kappa shape index (κ3) is 3.18. The second-order valence-electron chi connectivity index (χ2n) is 7.76. The molecular weight excluding hydrogens is 342 g/mol. The maximum Gasteiger partial charge on any atom is 0.163 e. The Kier molecular flexibility index (Phi) is 4.07. The summed E-state index contributed by atoms with van der Waals surface area (Å²) < 4.78 is 7.59. The quantitative estimate of drug-likeness (QED) is 0.715. The number of H-pyrrole nitrogens is 1. The normalized spacial score (nSPS) is 23.0. The molecule has 5 rings (SSSR count). The van der Waals surface area contributed by atoms with Gasteiger partial charge < -0.3 is 10.1 Å². The molecule has 0 aliphatic heterocycles. The molecule has 2 fully saturated rings. The van der Waals surface area contributed by atoms with Gasteiger partial charge in [0.2, 0.25) is 0 Å². The first-order chi connectivity index (χ1) is 13.2. The zero-order chi connectivity index (χ0) is 18.4. The average Bonchev–Trinajstić information content (AvgIpc) is 3.31. The number of hydrogen-bond donors (Lipinski definition) is 2. The second kappa shape index (κ2) is 6.60. The Labute approximate surface area is 157 Å². The number of hydrogen-bond acceptors (Lipinski definition) is 6. The van der Waals surface area contributed by atoms with Gasteiger partial charge in [0.1, 0.15) is 11.6 Å². The van der Waals surface area contributed by atoms with Gasteiger partial charge in [-0.3, -0.25) is 5.10 Å². The highest BCUT2D eigenvalue weighted by Gasteiger charge is 2.30. The van der Waals surface area contributed by atoms with Crippen molar-refractivity contribution in [1.29, 1.82) is 0 Å². The fraction of sp³-hybridized carbons (Fsp3) is 0.579. The maximum atomic E-state index is 5.52. The van der Waals surface area contributed by atoms with Gasteiger partial charge in [0, 0.05) is 24.8 Å². The fourth-order valence-corrected chi connectivity index (χ4v) is 3.97. The van der Waals surface area contributed by atoms with Gasteiger partial charge in [0.25, 0.3) is 0 Å². The van der Waals surface area contributed by atoms with Gasteiger partial charge in [0.05, 0.1) is 23.7 Å². The highest BCUT2D eigenvalue weighted by molar-refractivity contribution is 5.88. The molecule has 2 aliphatic rings. The molecule has 0 saturated heterocycles. The number of aryl methyl sites for hydroxylation is 1. The van der Waals surface area contributed by atoms with Crippen molar-refractivity contribution < 1.29 is 4.74 Å². The fourth-order valence-electron chi connectivity index (χ4n) is 3.97. The largest absolute Gasteiger partial charge is 0.381 e. The lowest BCUT2D eigenvalue weighted by Gasteiger charge is -2.26. The molecule has 2 aliphatic carbocycles. The van der Waals surface area contributed by atoms with Gasteiger partial charge in [-0.2, -0.15) is 10.2 Å². The van der Waals surface area contributed by atoms with Crippen LogP contribution in [0.25, 0.3) is 11.0 Å². The lowest BCUT2D eigenvalue weighted by Crippen LogP contribution is -2.21. The van der Waals surface area contributed by atoms with Crippen LogP contribution in [0.15, 0.2) is 12.3 Å². The molecule has 8 nitrogen and oxygen atoms in total. The van der Waals surface area contributed by atoms with Crippen LogP contribution < -0.4 is 5.32 Å². The Hall–Kier alpha value is -2.48. The zero-order valence-corrected chi connectivity index (χ0v) is 15.8. The first kappa shape index (κ1) is 16.7. The van der Waals surface area contributed by atoms with E-state index in [9.17, 15) is 0 Å². The number of anilines is 2. The maximum absolute atomic E-state index is 5.52. The average molecular weight is 367 g/mol. The van der Waals surface area contributed by atoms with E-state index in [1.807, 2.05) is 19.2 Å². The van der Waals surface area contributed by atoms with Crippen LogP contribution in [-0.4, -0.2) is 43.2 Å². The molecule has 0 spiro atoms. The molecule has 0 unspecified atom stereocenters. The van der Waals surface area contributed by atoms with Crippen molar-refractivity contribution >= 4 is 22.7 Å². The Morgan fingerprint density at radius 2 is 1.96 bits per heavy atom. The Morgan fingerprint density at radius 1 is 1.15 bits per heavy atom. The number of aromatic nitrogens is 6. The number of ether oxygens (including phenoxy) is 1. The summed E-state index contributed by atoms with van der Waals surface area (Å²) in [6.07, 6.45) is 8.84. The van der Waals surface area contributed by atoms with Crippen molar-refractivity contribution in [3.8, 4) is 0 Å². The highest BCUT2D eigenvalue weighted by Crippen LogP contribution is 2.39. The van der Waals surface area contributed by atoms with Crippen molar-refractivity contribution in [3.63, 3.8) is 0 Å². The monoisotopic (exact) mass is 367 g/mol. The van der Waals surface area contributed by atoms with E-state index in [4.69, 9.17) is 14.7 Å². The molecule has 3 heterocycles. The first-order valence-corrected chi connectivity index (χ1v) is 9.78. The minimum atomic E-state index is 0.366. The van der Waals surface area contributed by atoms with E-state index >= 15 is 0 Å². The third-order valence-corrected chi connectivity index (χ3v) is 5.69. The number of nitrogens with one attached hydrogen (secondary N) is 2. The molecule has 0 radical (unpaired) electrons. The molecule has 8 heteroatoms. The van der Waals surface area contributed by atoms with Crippen molar-refractivity contribution in [2.75, 3.05) is 12.4 Å². The second-order valence-corrected chi connectivity index (χ2v) is 7.76. The van der Waals surface area contributed by atoms with E-state index in [0.29, 0.717) is 18.1 Å². The molecule has 0 bridgehead atoms. The van der Waals surface area contributed by atoms with Crippen molar-refractivity contribution in [2.45, 2.75) is 63.5 Å². The van der Waals surface area contributed by atoms with E-state index in [-0.39, 0.29) is 0 Å². The van der Waals surface area contributed by atoms with Crippen molar-refractivity contribution in [2.24, 2.45) is 0 Å².